The average Bonchev–Trinajstić information content (AvgIpc) is 2.78. The zero-order chi connectivity index (χ0) is 22.1. The van der Waals surface area contributed by atoms with Crippen molar-refractivity contribution in [1.29, 1.82) is 0 Å². The van der Waals surface area contributed by atoms with Crippen molar-refractivity contribution in [2.45, 2.75) is 33.4 Å². The highest BCUT2D eigenvalue weighted by Gasteiger charge is 2.18. The Hall–Kier alpha value is -2.80. The first-order valence-corrected chi connectivity index (χ1v) is 11.2. The lowest BCUT2D eigenvalue weighted by molar-refractivity contribution is 0.222. The maximum atomic E-state index is 6.08. The molecule has 0 saturated carbocycles. The number of hydrogen-bond acceptors (Lipinski definition) is 5. The molecule has 7 heteroatoms. The molecule has 2 heterocycles. The Morgan fingerprint density at radius 2 is 1.90 bits per heavy atom. The van der Waals surface area contributed by atoms with Crippen LogP contribution in [0.2, 0.25) is 0 Å². The number of aryl methyl sites for hydroxylation is 1. The minimum atomic E-state index is 0.0178. The highest BCUT2D eigenvalue weighted by atomic mass is 16.5. The molecule has 2 N–H and O–H groups in total. The number of likely N-dealkylation sites (N-methyl/N-ethyl adjacent to an activating group) is 1. The van der Waals surface area contributed by atoms with Gasteiger partial charge in [-0.15, -0.1) is 0 Å². The summed E-state index contributed by atoms with van der Waals surface area (Å²) in [4.78, 5) is 14.2. The number of piperazine rings is 1. The van der Waals surface area contributed by atoms with Gasteiger partial charge in [0.15, 0.2) is 5.96 Å². The average molecular weight is 425 g/mol. The smallest absolute Gasteiger partial charge is 0.191 e. The van der Waals surface area contributed by atoms with Crippen LogP contribution in [0.3, 0.4) is 0 Å². The van der Waals surface area contributed by atoms with E-state index in [1.165, 1.54) is 0 Å². The molecule has 0 spiro atoms. The summed E-state index contributed by atoms with van der Waals surface area (Å²) in [7, 11) is 2.17. The molecule has 7 nitrogen and oxygen atoms in total. The van der Waals surface area contributed by atoms with Gasteiger partial charge in [-0.25, -0.2) is 9.98 Å². The Morgan fingerprint density at radius 3 is 2.65 bits per heavy atom. The van der Waals surface area contributed by atoms with Crippen molar-refractivity contribution >= 4 is 11.8 Å². The van der Waals surface area contributed by atoms with Crippen molar-refractivity contribution in [3.05, 3.63) is 53.7 Å². The number of guanidine groups is 1. The molecular formula is C24H36N6O. The van der Waals surface area contributed by atoms with Gasteiger partial charge in [-0.05, 0) is 45.5 Å². The molecule has 0 radical (unpaired) electrons. The minimum Gasteiger partial charge on any atom is -0.489 e. The topological polar surface area (TPSA) is 65.0 Å². The van der Waals surface area contributed by atoms with E-state index >= 15 is 0 Å². The summed E-state index contributed by atoms with van der Waals surface area (Å²) in [5.41, 5.74) is 2.29. The monoisotopic (exact) mass is 424 g/mol. The second kappa shape index (κ2) is 11.6. The summed E-state index contributed by atoms with van der Waals surface area (Å²) in [6.45, 7) is 12.4. The summed E-state index contributed by atoms with van der Waals surface area (Å²) >= 11 is 0. The van der Waals surface area contributed by atoms with E-state index in [4.69, 9.17) is 9.73 Å². The number of anilines is 1. The first-order valence-electron chi connectivity index (χ1n) is 11.2. The van der Waals surface area contributed by atoms with Gasteiger partial charge in [0.1, 0.15) is 17.7 Å². The molecule has 1 aliphatic heterocycles. The van der Waals surface area contributed by atoms with Crippen LogP contribution in [0.15, 0.2) is 47.6 Å². The molecule has 31 heavy (non-hydrogen) atoms. The molecule has 0 amide bonds. The number of ether oxygens (including phenoxy) is 1. The second-order valence-electron chi connectivity index (χ2n) is 8.05. The zero-order valence-electron chi connectivity index (χ0n) is 19.3. The Balaban J connectivity index is 1.60. The third-order valence-electron chi connectivity index (χ3n) is 5.40. The van der Waals surface area contributed by atoms with E-state index in [-0.39, 0.29) is 6.10 Å². The lowest BCUT2D eigenvalue weighted by Crippen LogP contribution is -2.45. The third kappa shape index (κ3) is 6.85. The Labute approximate surface area is 186 Å². The number of aromatic nitrogens is 1. The van der Waals surface area contributed by atoms with E-state index in [1.807, 2.05) is 30.5 Å². The summed E-state index contributed by atoms with van der Waals surface area (Å²) in [6, 6.07) is 12.2. The van der Waals surface area contributed by atoms with E-state index in [0.29, 0.717) is 13.1 Å². The molecule has 1 aromatic carbocycles. The number of para-hydroxylation sites is 1. The lowest BCUT2D eigenvalue weighted by atomic mass is 10.2. The Kier molecular flexibility index (Phi) is 8.53. The van der Waals surface area contributed by atoms with Crippen molar-refractivity contribution in [2.75, 3.05) is 51.2 Å². The number of benzene rings is 1. The summed E-state index contributed by atoms with van der Waals surface area (Å²) in [6.07, 6.45) is 1.89. The van der Waals surface area contributed by atoms with E-state index in [1.54, 1.807) is 0 Å². The molecule has 0 bridgehead atoms. The van der Waals surface area contributed by atoms with Crippen molar-refractivity contribution in [1.82, 2.24) is 20.5 Å². The van der Waals surface area contributed by atoms with Gasteiger partial charge in [-0.2, -0.15) is 0 Å². The van der Waals surface area contributed by atoms with Crippen LogP contribution >= 0.6 is 0 Å². The Bertz CT molecular complexity index is 847. The highest BCUT2D eigenvalue weighted by Crippen LogP contribution is 2.20. The minimum absolute atomic E-state index is 0.0178. The second-order valence-corrected chi connectivity index (χ2v) is 8.05. The van der Waals surface area contributed by atoms with Crippen molar-refractivity contribution in [3.63, 3.8) is 0 Å². The number of nitrogens with one attached hydrogen (secondary N) is 2. The fourth-order valence-corrected chi connectivity index (χ4v) is 3.55. The van der Waals surface area contributed by atoms with E-state index < -0.39 is 0 Å². The summed E-state index contributed by atoms with van der Waals surface area (Å²) in [5, 5.41) is 6.74. The molecule has 1 fully saturated rings. The maximum absolute atomic E-state index is 6.08. The number of rotatable bonds is 8. The summed E-state index contributed by atoms with van der Waals surface area (Å²) < 4.78 is 6.08. The van der Waals surface area contributed by atoms with Gasteiger partial charge in [0.25, 0.3) is 0 Å². The van der Waals surface area contributed by atoms with Crippen LogP contribution in [-0.4, -0.2) is 68.3 Å². The molecule has 2 aromatic rings. The van der Waals surface area contributed by atoms with Gasteiger partial charge in [-0.3, -0.25) is 0 Å². The van der Waals surface area contributed by atoms with Gasteiger partial charge in [-0.1, -0.05) is 24.3 Å². The molecule has 3 rings (SSSR count). The van der Waals surface area contributed by atoms with E-state index in [0.717, 1.165) is 61.4 Å². The van der Waals surface area contributed by atoms with Gasteiger partial charge < -0.3 is 25.2 Å². The number of aliphatic imine (C=N–C) groups is 1. The van der Waals surface area contributed by atoms with Crippen molar-refractivity contribution in [2.24, 2.45) is 4.99 Å². The largest absolute Gasteiger partial charge is 0.489 e. The molecule has 1 aliphatic rings. The first kappa shape index (κ1) is 22.9. The van der Waals surface area contributed by atoms with E-state index in [9.17, 15) is 0 Å². The molecule has 1 aromatic heterocycles. The quantitative estimate of drug-likeness (QED) is 0.502. The molecule has 1 saturated heterocycles. The van der Waals surface area contributed by atoms with Gasteiger partial charge in [0.2, 0.25) is 0 Å². The van der Waals surface area contributed by atoms with Crippen molar-refractivity contribution in [3.8, 4) is 5.75 Å². The molecule has 1 unspecified atom stereocenters. The van der Waals surface area contributed by atoms with Crippen LogP contribution in [0.4, 0.5) is 5.82 Å². The van der Waals surface area contributed by atoms with Crippen LogP contribution in [0.25, 0.3) is 0 Å². The third-order valence-corrected chi connectivity index (χ3v) is 5.40. The number of hydrogen-bond donors (Lipinski definition) is 2. The fraction of sp³-hybridized carbons (Fsp3) is 0.500. The van der Waals surface area contributed by atoms with Gasteiger partial charge in [0, 0.05) is 44.5 Å². The maximum Gasteiger partial charge on any atom is 0.191 e. The van der Waals surface area contributed by atoms with Crippen molar-refractivity contribution < 1.29 is 4.74 Å². The first-order chi connectivity index (χ1) is 15.1. The van der Waals surface area contributed by atoms with Crippen LogP contribution in [0, 0.1) is 6.92 Å². The number of nitrogens with zero attached hydrogens (tertiary/aromatic N) is 4. The predicted octanol–water partition coefficient (Wildman–Crippen LogP) is 2.66. The SMILES string of the molecule is CCNC(=NCc1cccnc1N1CCN(C)CC1)NCC(C)Oc1ccccc1C. The van der Waals surface area contributed by atoms with Crippen LogP contribution in [0.5, 0.6) is 5.75 Å². The van der Waals surface area contributed by atoms with Crippen LogP contribution < -0.4 is 20.3 Å². The molecule has 1 atom stereocenters. The highest BCUT2D eigenvalue weighted by molar-refractivity contribution is 5.79. The molecule has 168 valence electrons. The zero-order valence-corrected chi connectivity index (χ0v) is 19.3. The Morgan fingerprint density at radius 1 is 1.13 bits per heavy atom. The predicted molar refractivity (Wildman–Crippen MR) is 128 cm³/mol. The summed E-state index contributed by atoms with van der Waals surface area (Å²) in [5.74, 6) is 2.76. The normalized spacial score (nSPS) is 16.1. The van der Waals surface area contributed by atoms with Crippen LogP contribution in [0.1, 0.15) is 25.0 Å². The van der Waals surface area contributed by atoms with Gasteiger partial charge >= 0.3 is 0 Å². The number of pyridine rings is 1. The molecule has 0 aliphatic carbocycles. The molecular weight excluding hydrogens is 388 g/mol. The van der Waals surface area contributed by atoms with E-state index in [2.05, 4.69) is 65.4 Å². The van der Waals surface area contributed by atoms with Gasteiger partial charge in [0.05, 0.1) is 13.1 Å². The lowest BCUT2D eigenvalue weighted by Gasteiger charge is -2.34. The van der Waals surface area contributed by atoms with Crippen LogP contribution in [-0.2, 0) is 6.54 Å². The fourth-order valence-electron chi connectivity index (χ4n) is 3.55. The standard InChI is InChI=1S/C24H36N6O/c1-5-25-24(27-17-20(3)31-22-11-7-6-9-19(22)2)28-18-21-10-8-12-26-23(21)30-15-13-29(4)14-16-30/h6-12,20H,5,13-18H2,1-4H3,(H2,25,27,28).